The number of amides is 1. The number of nitrogens with zero attached hydrogens (tertiary/aromatic N) is 1. The van der Waals surface area contributed by atoms with Crippen LogP contribution < -0.4 is 10.6 Å². The molecule has 0 radical (unpaired) electrons. The van der Waals surface area contributed by atoms with E-state index in [1.807, 2.05) is 6.92 Å². The number of sulfone groups is 1. The first-order valence-electron chi connectivity index (χ1n) is 12.2. The molecule has 1 aromatic rings. The van der Waals surface area contributed by atoms with E-state index in [1.54, 1.807) is 6.07 Å². The number of aromatic nitrogens is 1. The topological polar surface area (TPSA) is 122 Å². The lowest BCUT2D eigenvalue weighted by molar-refractivity contribution is -0.106. The number of nitrogens with one attached hydrogen (secondary N) is 2. The minimum Gasteiger partial charge on any atom is -0.395 e. The van der Waals surface area contributed by atoms with Crippen molar-refractivity contribution in [1.82, 2.24) is 15.8 Å². The van der Waals surface area contributed by atoms with Crippen LogP contribution in [0.25, 0.3) is 0 Å². The van der Waals surface area contributed by atoms with E-state index in [1.165, 1.54) is 0 Å². The van der Waals surface area contributed by atoms with E-state index in [2.05, 4.69) is 15.8 Å². The summed E-state index contributed by atoms with van der Waals surface area (Å²) in [5.41, 5.74) is 0.326. The third kappa shape index (κ3) is 3.51. The Morgan fingerprint density at radius 3 is 2.47 bits per heavy atom. The molecule has 4 aliphatic rings. The molecular weight excluding hydrogens is 430 g/mol. The minimum atomic E-state index is -3.14. The van der Waals surface area contributed by atoms with Gasteiger partial charge in [0.25, 0.3) is 5.91 Å². The van der Waals surface area contributed by atoms with Gasteiger partial charge in [-0.25, -0.2) is 8.42 Å². The van der Waals surface area contributed by atoms with Gasteiger partial charge in [0.2, 0.25) is 0 Å². The number of carbonyl (C=O) groups is 1. The Bertz CT molecular complexity index is 937. The smallest absolute Gasteiger partial charge is 0.273 e. The predicted molar refractivity (Wildman–Crippen MR) is 119 cm³/mol. The summed E-state index contributed by atoms with van der Waals surface area (Å²) >= 11 is 0. The molecule has 0 aliphatic heterocycles. The molecule has 0 saturated heterocycles. The molecule has 0 spiro atoms. The summed E-state index contributed by atoms with van der Waals surface area (Å²) in [6.45, 7) is 2.65. The minimum absolute atomic E-state index is 0.0876. The van der Waals surface area contributed by atoms with Crippen LogP contribution in [0, 0.1) is 17.8 Å². The SMILES string of the molecule is CCc1cc(C(=O)NC2C[C@@H]3CC4(S(=O)(=O)C5CCC(NCCO)CC5)C[C@H](C2)C34)no1. The third-order valence-corrected chi connectivity index (χ3v) is 11.8. The Morgan fingerprint density at radius 2 is 1.88 bits per heavy atom. The van der Waals surface area contributed by atoms with Crippen molar-refractivity contribution >= 4 is 15.7 Å². The lowest BCUT2D eigenvalue weighted by Crippen LogP contribution is -2.74. The Morgan fingerprint density at radius 1 is 1.19 bits per heavy atom. The molecule has 178 valence electrons. The third-order valence-electron chi connectivity index (χ3n) is 8.71. The van der Waals surface area contributed by atoms with Crippen LogP contribution in [-0.2, 0) is 16.3 Å². The van der Waals surface area contributed by atoms with Gasteiger partial charge in [-0.2, -0.15) is 0 Å². The van der Waals surface area contributed by atoms with E-state index in [4.69, 9.17) is 9.63 Å². The van der Waals surface area contributed by atoms with Gasteiger partial charge < -0.3 is 20.3 Å². The molecule has 0 aromatic carbocycles. The second kappa shape index (κ2) is 8.40. The number of rotatable bonds is 8. The van der Waals surface area contributed by atoms with Crippen LogP contribution in [0.5, 0.6) is 0 Å². The van der Waals surface area contributed by atoms with Crippen molar-refractivity contribution in [2.24, 2.45) is 17.8 Å². The first-order valence-corrected chi connectivity index (χ1v) is 13.8. The molecule has 32 heavy (non-hydrogen) atoms. The van der Waals surface area contributed by atoms with Crippen molar-refractivity contribution in [2.45, 2.75) is 86.8 Å². The van der Waals surface area contributed by atoms with Crippen LogP contribution in [0.3, 0.4) is 0 Å². The standard InChI is InChI=1S/C23H35N3O5S/c1-2-18-11-20(26-31-18)22(28)25-17-9-14-12-23(13-15(10-17)21(14)23)32(29,30)19-5-3-16(4-6-19)24-7-8-27/h11,14-17,19,21,24,27H,2-10,12-13H2,1H3,(H,25,28)/t14-,15+,16?,17?,19?,21?,23?. The summed E-state index contributed by atoms with van der Waals surface area (Å²) in [7, 11) is -3.14. The maximum Gasteiger partial charge on any atom is 0.273 e. The average molecular weight is 466 g/mol. The first kappa shape index (κ1) is 22.3. The molecule has 8 nitrogen and oxygen atoms in total. The summed E-state index contributed by atoms with van der Waals surface area (Å²) in [5.74, 6) is 1.58. The van der Waals surface area contributed by atoms with E-state index < -0.39 is 14.6 Å². The van der Waals surface area contributed by atoms with Crippen LogP contribution in [0.4, 0.5) is 0 Å². The normalized spacial score (nSPS) is 38.3. The van der Waals surface area contributed by atoms with Gasteiger partial charge >= 0.3 is 0 Å². The fourth-order valence-corrected chi connectivity index (χ4v) is 10.5. The number of aliphatic hydroxyl groups is 1. The summed E-state index contributed by atoms with van der Waals surface area (Å²) in [4.78, 5) is 12.5. The Kier molecular flexibility index (Phi) is 5.87. The van der Waals surface area contributed by atoms with Crippen LogP contribution in [0.1, 0.15) is 74.5 Å². The predicted octanol–water partition coefficient (Wildman–Crippen LogP) is 1.83. The van der Waals surface area contributed by atoms with Crippen molar-refractivity contribution in [2.75, 3.05) is 13.2 Å². The summed E-state index contributed by atoms with van der Waals surface area (Å²) in [6, 6.07) is 2.11. The summed E-state index contributed by atoms with van der Waals surface area (Å²) in [5, 5.41) is 19.1. The second-order valence-electron chi connectivity index (χ2n) is 10.4. The molecule has 1 aromatic heterocycles. The lowest BCUT2D eigenvalue weighted by atomic mass is 9.42. The van der Waals surface area contributed by atoms with E-state index in [-0.39, 0.29) is 29.7 Å². The van der Waals surface area contributed by atoms with Crippen molar-refractivity contribution in [3.63, 3.8) is 0 Å². The van der Waals surface area contributed by atoms with Gasteiger partial charge in [-0.05, 0) is 69.1 Å². The Labute approximate surface area is 189 Å². The van der Waals surface area contributed by atoms with Crippen molar-refractivity contribution < 1.29 is 22.8 Å². The zero-order valence-corrected chi connectivity index (χ0v) is 19.6. The van der Waals surface area contributed by atoms with Gasteiger partial charge in [-0.3, -0.25) is 4.79 Å². The van der Waals surface area contributed by atoms with E-state index in [0.717, 1.165) is 51.4 Å². The quantitative estimate of drug-likeness (QED) is 0.535. The molecule has 1 amide bonds. The highest BCUT2D eigenvalue weighted by Crippen LogP contribution is 2.70. The fraction of sp³-hybridized carbons (Fsp3) is 0.826. The molecule has 1 heterocycles. The zero-order chi connectivity index (χ0) is 22.5. The maximum absolute atomic E-state index is 13.6. The molecule has 0 bridgehead atoms. The maximum atomic E-state index is 13.6. The molecule has 5 rings (SSSR count). The van der Waals surface area contributed by atoms with Gasteiger partial charge in [0.15, 0.2) is 15.5 Å². The average Bonchev–Trinajstić information content (AvgIpc) is 3.23. The van der Waals surface area contributed by atoms with E-state index in [9.17, 15) is 13.2 Å². The second-order valence-corrected chi connectivity index (χ2v) is 13.0. The van der Waals surface area contributed by atoms with Gasteiger partial charge in [-0.15, -0.1) is 0 Å². The van der Waals surface area contributed by atoms with Crippen LogP contribution >= 0.6 is 0 Å². The number of hydrogen-bond acceptors (Lipinski definition) is 7. The molecule has 4 fully saturated rings. The lowest BCUT2D eigenvalue weighted by Gasteiger charge is -2.70. The van der Waals surface area contributed by atoms with E-state index >= 15 is 0 Å². The van der Waals surface area contributed by atoms with Crippen LogP contribution in [-0.4, -0.2) is 59.8 Å². The summed E-state index contributed by atoms with van der Waals surface area (Å²) < 4.78 is 31.9. The highest BCUT2D eigenvalue weighted by molar-refractivity contribution is 7.93. The molecule has 5 atom stereocenters. The highest BCUT2D eigenvalue weighted by Gasteiger charge is 2.73. The number of aliphatic hydroxyl groups excluding tert-OH is 1. The Hall–Kier alpha value is -1.45. The van der Waals surface area contributed by atoms with Crippen LogP contribution in [0.15, 0.2) is 10.6 Å². The molecule has 4 saturated carbocycles. The Balaban J connectivity index is 1.17. The van der Waals surface area contributed by atoms with Gasteiger partial charge in [0.05, 0.1) is 16.6 Å². The first-order chi connectivity index (χ1) is 15.4. The molecule has 4 aliphatic carbocycles. The van der Waals surface area contributed by atoms with Crippen molar-refractivity contribution in [3.8, 4) is 0 Å². The molecule has 9 heteroatoms. The fourth-order valence-electron chi connectivity index (χ4n) is 7.27. The number of hydrogen-bond donors (Lipinski definition) is 3. The summed E-state index contributed by atoms with van der Waals surface area (Å²) in [6.07, 6.45) is 7.14. The van der Waals surface area contributed by atoms with E-state index in [0.29, 0.717) is 42.3 Å². The molecule has 3 N–H and O–H groups in total. The number of carbonyl (C=O) groups excluding carboxylic acids is 1. The van der Waals surface area contributed by atoms with Crippen molar-refractivity contribution in [3.05, 3.63) is 17.5 Å². The van der Waals surface area contributed by atoms with Gasteiger partial charge in [0.1, 0.15) is 5.76 Å². The highest BCUT2D eigenvalue weighted by atomic mass is 32.2. The number of aryl methyl sites for hydroxylation is 1. The van der Waals surface area contributed by atoms with Gasteiger partial charge in [-0.1, -0.05) is 12.1 Å². The van der Waals surface area contributed by atoms with Crippen molar-refractivity contribution in [1.29, 1.82) is 0 Å². The monoisotopic (exact) mass is 465 g/mol. The van der Waals surface area contributed by atoms with Gasteiger partial charge in [0, 0.05) is 31.1 Å². The molecule has 3 unspecified atom stereocenters. The zero-order valence-electron chi connectivity index (χ0n) is 18.8. The largest absolute Gasteiger partial charge is 0.395 e. The van der Waals surface area contributed by atoms with Crippen LogP contribution in [0.2, 0.25) is 0 Å². The molecular formula is C23H35N3O5S.